The number of nitrogens with zero attached hydrogens (tertiary/aromatic N) is 1. The number of benzene rings is 2. The zero-order chi connectivity index (χ0) is 18.5. The van der Waals surface area contributed by atoms with E-state index < -0.39 is 0 Å². The highest BCUT2D eigenvalue weighted by Crippen LogP contribution is 2.29. The summed E-state index contributed by atoms with van der Waals surface area (Å²) in [5.74, 6) is 0.193. The van der Waals surface area contributed by atoms with Crippen molar-refractivity contribution in [3.05, 3.63) is 48.0 Å². The minimum atomic E-state index is -0.0670. The average Bonchev–Trinajstić information content (AvgIpc) is 3.05. The Kier molecular flexibility index (Phi) is 6.27. The van der Waals surface area contributed by atoms with Crippen LogP contribution in [-0.4, -0.2) is 21.9 Å². The number of oxazole rings is 1. The van der Waals surface area contributed by atoms with Crippen molar-refractivity contribution in [1.29, 1.82) is 0 Å². The molecule has 1 N–H and O–H groups in total. The lowest BCUT2D eigenvalue weighted by molar-refractivity contribution is -0.113. The van der Waals surface area contributed by atoms with E-state index in [0.29, 0.717) is 10.5 Å². The highest BCUT2D eigenvalue weighted by atomic mass is 32.2. The number of carbonyl (C=O) groups is 1. The maximum absolute atomic E-state index is 12.3. The Labute approximate surface area is 162 Å². The Morgan fingerprint density at radius 2 is 2.08 bits per heavy atom. The summed E-state index contributed by atoms with van der Waals surface area (Å²) in [6, 6.07) is 13.7. The van der Waals surface area contributed by atoms with Crippen LogP contribution in [0.15, 0.2) is 57.0 Å². The van der Waals surface area contributed by atoms with E-state index in [4.69, 9.17) is 4.42 Å². The lowest BCUT2D eigenvalue weighted by Gasteiger charge is -2.12. The number of para-hydroxylation sites is 2. The second kappa shape index (κ2) is 8.64. The molecule has 0 fully saturated rings. The molecule has 6 heteroatoms. The molecule has 0 aliphatic carbocycles. The number of thioether (sulfide) groups is 2. The maximum Gasteiger partial charge on any atom is 0.257 e. The van der Waals surface area contributed by atoms with Gasteiger partial charge in [0.1, 0.15) is 5.52 Å². The zero-order valence-electron chi connectivity index (χ0n) is 15.1. The smallest absolute Gasteiger partial charge is 0.257 e. The first kappa shape index (κ1) is 18.9. The average molecular weight is 387 g/mol. The van der Waals surface area contributed by atoms with Gasteiger partial charge in [-0.05, 0) is 49.2 Å². The summed E-state index contributed by atoms with van der Waals surface area (Å²) in [7, 11) is 0. The Balaban J connectivity index is 1.57. The fourth-order valence-corrected chi connectivity index (χ4v) is 4.05. The summed E-state index contributed by atoms with van der Waals surface area (Å²) in [5.41, 5.74) is 3.46. The summed E-state index contributed by atoms with van der Waals surface area (Å²) in [4.78, 5) is 17.9. The molecule has 4 nitrogen and oxygen atoms in total. The molecule has 3 rings (SSSR count). The van der Waals surface area contributed by atoms with Gasteiger partial charge in [0, 0.05) is 15.8 Å². The van der Waals surface area contributed by atoms with Crippen LogP contribution in [0.3, 0.4) is 0 Å². The summed E-state index contributed by atoms with van der Waals surface area (Å²) in [5, 5.41) is 4.07. The van der Waals surface area contributed by atoms with Crippen molar-refractivity contribution in [3.63, 3.8) is 0 Å². The van der Waals surface area contributed by atoms with Gasteiger partial charge in [-0.2, -0.15) is 0 Å². The maximum atomic E-state index is 12.3. The summed E-state index contributed by atoms with van der Waals surface area (Å²) in [6.45, 7) is 6.43. The molecule has 0 aliphatic rings. The predicted octanol–water partition coefficient (Wildman–Crippen LogP) is 5.76. The normalized spacial score (nSPS) is 12.3. The van der Waals surface area contributed by atoms with E-state index >= 15 is 0 Å². The molecule has 0 spiro atoms. The molecule has 0 saturated carbocycles. The van der Waals surface area contributed by atoms with Crippen LogP contribution in [0.5, 0.6) is 0 Å². The Bertz CT molecular complexity index is 875. The van der Waals surface area contributed by atoms with Crippen LogP contribution in [0.2, 0.25) is 0 Å². The zero-order valence-corrected chi connectivity index (χ0v) is 16.7. The second-order valence-electron chi connectivity index (χ2n) is 6.10. The molecule has 2 aromatic carbocycles. The predicted molar refractivity (Wildman–Crippen MR) is 110 cm³/mol. The van der Waals surface area contributed by atoms with Crippen molar-refractivity contribution >= 4 is 46.2 Å². The highest BCUT2D eigenvalue weighted by Gasteiger charge is 2.11. The second-order valence-corrected chi connectivity index (χ2v) is 8.54. The first-order valence-corrected chi connectivity index (χ1v) is 10.5. The van der Waals surface area contributed by atoms with E-state index in [9.17, 15) is 4.79 Å². The van der Waals surface area contributed by atoms with E-state index in [1.54, 1.807) is 0 Å². The molecule has 0 saturated heterocycles. The molecule has 1 aromatic heterocycles. The molecule has 1 unspecified atom stereocenters. The van der Waals surface area contributed by atoms with E-state index in [-0.39, 0.29) is 11.7 Å². The van der Waals surface area contributed by atoms with Gasteiger partial charge in [0.05, 0.1) is 5.75 Å². The molecule has 3 aromatic rings. The standard InChI is InChI=1S/C20H22N2O2S2/c1-4-14(3)26-15-9-10-16(13(2)11-15)21-19(23)12-25-20-22-17-7-5-6-8-18(17)24-20/h5-11,14H,4,12H2,1-3H3,(H,21,23). The number of hydrogen-bond acceptors (Lipinski definition) is 5. The third-order valence-electron chi connectivity index (χ3n) is 3.99. The molecular weight excluding hydrogens is 364 g/mol. The van der Waals surface area contributed by atoms with Gasteiger partial charge in [0.2, 0.25) is 5.91 Å². The van der Waals surface area contributed by atoms with Gasteiger partial charge < -0.3 is 9.73 Å². The molecular formula is C20H22N2O2S2. The van der Waals surface area contributed by atoms with Crippen LogP contribution in [0, 0.1) is 6.92 Å². The molecule has 0 aliphatic heterocycles. The summed E-state index contributed by atoms with van der Waals surface area (Å²) in [6.07, 6.45) is 1.13. The van der Waals surface area contributed by atoms with Gasteiger partial charge >= 0.3 is 0 Å². The van der Waals surface area contributed by atoms with Crippen molar-refractivity contribution in [2.45, 2.75) is 42.6 Å². The number of nitrogens with one attached hydrogen (secondary N) is 1. The SMILES string of the molecule is CCC(C)Sc1ccc(NC(=O)CSc2nc3ccccc3o2)c(C)c1. The number of rotatable bonds is 7. The molecule has 1 atom stereocenters. The number of aromatic nitrogens is 1. The molecule has 136 valence electrons. The monoisotopic (exact) mass is 386 g/mol. The third kappa shape index (κ3) is 4.83. The number of aryl methyl sites for hydroxylation is 1. The first-order valence-electron chi connectivity index (χ1n) is 8.60. The molecule has 0 bridgehead atoms. The van der Waals surface area contributed by atoms with Crippen LogP contribution in [0.1, 0.15) is 25.8 Å². The fraction of sp³-hybridized carbons (Fsp3) is 0.300. The van der Waals surface area contributed by atoms with Crippen LogP contribution >= 0.6 is 23.5 Å². The van der Waals surface area contributed by atoms with E-state index in [1.165, 1.54) is 16.7 Å². The summed E-state index contributed by atoms with van der Waals surface area (Å²) < 4.78 is 5.62. The van der Waals surface area contributed by atoms with Crippen molar-refractivity contribution < 1.29 is 9.21 Å². The number of anilines is 1. The lowest BCUT2D eigenvalue weighted by Crippen LogP contribution is -2.14. The Morgan fingerprint density at radius 1 is 1.27 bits per heavy atom. The highest BCUT2D eigenvalue weighted by molar-refractivity contribution is 8.00. The Morgan fingerprint density at radius 3 is 2.81 bits per heavy atom. The number of hydrogen-bond donors (Lipinski definition) is 1. The molecule has 1 amide bonds. The van der Waals surface area contributed by atoms with Gasteiger partial charge in [-0.3, -0.25) is 4.79 Å². The number of amides is 1. The van der Waals surface area contributed by atoms with Gasteiger partial charge in [-0.15, -0.1) is 11.8 Å². The van der Waals surface area contributed by atoms with Gasteiger partial charge in [-0.1, -0.05) is 37.7 Å². The van der Waals surface area contributed by atoms with Crippen LogP contribution in [-0.2, 0) is 4.79 Å². The van der Waals surface area contributed by atoms with E-state index in [1.807, 2.05) is 49.0 Å². The largest absolute Gasteiger partial charge is 0.431 e. The molecule has 0 radical (unpaired) electrons. The molecule has 1 heterocycles. The van der Waals surface area contributed by atoms with Gasteiger partial charge in [0.15, 0.2) is 5.58 Å². The number of carbonyl (C=O) groups excluding carboxylic acids is 1. The summed E-state index contributed by atoms with van der Waals surface area (Å²) >= 11 is 3.16. The molecule has 26 heavy (non-hydrogen) atoms. The minimum absolute atomic E-state index is 0.0670. The van der Waals surface area contributed by atoms with Crippen LogP contribution in [0.4, 0.5) is 5.69 Å². The van der Waals surface area contributed by atoms with Crippen molar-refractivity contribution in [2.75, 3.05) is 11.1 Å². The van der Waals surface area contributed by atoms with E-state index in [0.717, 1.165) is 28.8 Å². The first-order chi connectivity index (χ1) is 12.5. The van der Waals surface area contributed by atoms with Crippen molar-refractivity contribution in [3.8, 4) is 0 Å². The Hall–Kier alpha value is -1.92. The van der Waals surface area contributed by atoms with Gasteiger partial charge in [0.25, 0.3) is 5.22 Å². The quantitative estimate of drug-likeness (QED) is 0.523. The van der Waals surface area contributed by atoms with E-state index in [2.05, 4.69) is 36.3 Å². The minimum Gasteiger partial charge on any atom is -0.431 e. The lowest BCUT2D eigenvalue weighted by atomic mass is 10.2. The fourth-order valence-electron chi connectivity index (χ4n) is 2.39. The van der Waals surface area contributed by atoms with Gasteiger partial charge in [-0.25, -0.2) is 4.98 Å². The van der Waals surface area contributed by atoms with Crippen LogP contribution < -0.4 is 5.32 Å². The van der Waals surface area contributed by atoms with Crippen molar-refractivity contribution in [1.82, 2.24) is 4.98 Å². The third-order valence-corrected chi connectivity index (χ3v) is 6.08. The van der Waals surface area contributed by atoms with Crippen molar-refractivity contribution in [2.24, 2.45) is 0 Å². The number of fused-ring (bicyclic) bond motifs is 1. The van der Waals surface area contributed by atoms with Crippen LogP contribution in [0.25, 0.3) is 11.1 Å². The topological polar surface area (TPSA) is 55.1 Å².